The van der Waals surface area contributed by atoms with Gasteiger partial charge in [-0.3, -0.25) is 14.4 Å². The maximum Gasteiger partial charge on any atom is 0.269 e. The lowest BCUT2D eigenvalue weighted by Crippen LogP contribution is -2.59. The van der Waals surface area contributed by atoms with Gasteiger partial charge in [-0.15, -0.1) is 0 Å². The number of rotatable bonds is 5. The smallest absolute Gasteiger partial charge is 0.269 e. The zero-order valence-corrected chi connectivity index (χ0v) is 15.0. The second-order valence-corrected chi connectivity index (χ2v) is 7.32. The Hall–Kier alpha value is -1.40. The van der Waals surface area contributed by atoms with Gasteiger partial charge in [-0.25, -0.2) is 0 Å². The maximum absolute atomic E-state index is 12.7. The van der Waals surface area contributed by atoms with Crippen LogP contribution in [0.2, 0.25) is 0 Å². The van der Waals surface area contributed by atoms with E-state index in [1.54, 1.807) is 16.9 Å². The van der Waals surface area contributed by atoms with Crippen molar-refractivity contribution in [3.63, 3.8) is 0 Å². The average Bonchev–Trinajstić information content (AvgIpc) is 3.11. The van der Waals surface area contributed by atoms with Crippen molar-refractivity contribution in [2.75, 3.05) is 32.8 Å². The minimum absolute atomic E-state index is 0.0240. The van der Waals surface area contributed by atoms with Gasteiger partial charge in [-0.1, -0.05) is 6.42 Å². The molecule has 3 rings (SSSR count). The molecule has 134 valence electrons. The van der Waals surface area contributed by atoms with Gasteiger partial charge in [0.25, 0.3) is 5.91 Å². The normalized spacial score (nSPS) is 21.8. The first-order valence-corrected chi connectivity index (χ1v) is 9.27. The van der Waals surface area contributed by atoms with Gasteiger partial charge >= 0.3 is 0 Å². The molecule has 0 radical (unpaired) electrons. The molecule has 2 saturated heterocycles. The summed E-state index contributed by atoms with van der Waals surface area (Å²) in [5.74, 6) is -0.0240. The molecule has 1 amide bonds. The molecule has 0 unspecified atom stereocenters. The second kappa shape index (κ2) is 7.66. The van der Waals surface area contributed by atoms with Gasteiger partial charge in [-0.05, 0) is 58.7 Å². The summed E-state index contributed by atoms with van der Waals surface area (Å²) in [7, 11) is 0. The lowest BCUT2D eigenvalue weighted by atomic mass is 9.86. The highest BCUT2D eigenvalue weighted by atomic mass is 16.5. The SMILES string of the molecule is CC(C)n1nccc1C(=O)NCC1(N2CCCCC2)CCOCC1. The van der Waals surface area contributed by atoms with E-state index in [4.69, 9.17) is 4.74 Å². The largest absolute Gasteiger partial charge is 0.381 e. The molecular weight excluding hydrogens is 304 g/mol. The predicted octanol–water partition coefficient (Wildman–Crippen LogP) is 2.23. The summed E-state index contributed by atoms with van der Waals surface area (Å²) in [6, 6.07) is 1.98. The molecule has 2 aliphatic rings. The van der Waals surface area contributed by atoms with Crippen LogP contribution >= 0.6 is 0 Å². The number of carbonyl (C=O) groups excluding carboxylic acids is 1. The van der Waals surface area contributed by atoms with Crippen molar-refractivity contribution in [2.24, 2.45) is 0 Å². The fraction of sp³-hybridized carbons (Fsp3) is 0.778. The Morgan fingerprint density at radius 3 is 2.67 bits per heavy atom. The van der Waals surface area contributed by atoms with Crippen LogP contribution < -0.4 is 5.32 Å². The van der Waals surface area contributed by atoms with E-state index in [0.717, 1.165) is 39.1 Å². The van der Waals surface area contributed by atoms with E-state index in [1.165, 1.54) is 19.3 Å². The van der Waals surface area contributed by atoms with Crippen molar-refractivity contribution in [3.05, 3.63) is 18.0 Å². The maximum atomic E-state index is 12.7. The van der Waals surface area contributed by atoms with E-state index in [2.05, 4.69) is 15.3 Å². The van der Waals surface area contributed by atoms with Crippen LogP contribution in [0, 0.1) is 0 Å². The third kappa shape index (κ3) is 3.64. The average molecular weight is 334 g/mol. The number of likely N-dealkylation sites (tertiary alicyclic amines) is 1. The number of piperidine rings is 1. The van der Waals surface area contributed by atoms with Crippen LogP contribution in [0.4, 0.5) is 0 Å². The molecule has 0 spiro atoms. The molecule has 0 saturated carbocycles. The summed E-state index contributed by atoms with van der Waals surface area (Å²) >= 11 is 0. The Morgan fingerprint density at radius 2 is 2.00 bits per heavy atom. The number of hydrogen-bond donors (Lipinski definition) is 1. The number of aromatic nitrogens is 2. The summed E-state index contributed by atoms with van der Waals surface area (Å²) in [6.45, 7) is 8.62. The quantitative estimate of drug-likeness (QED) is 0.897. The number of ether oxygens (including phenoxy) is 1. The third-order valence-corrected chi connectivity index (χ3v) is 5.42. The molecule has 6 nitrogen and oxygen atoms in total. The zero-order valence-electron chi connectivity index (χ0n) is 15.0. The van der Waals surface area contributed by atoms with Gasteiger partial charge in [0.2, 0.25) is 0 Å². The summed E-state index contributed by atoms with van der Waals surface area (Å²) in [4.78, 5) is 15.3. The van der Waals surface area contributed by atoms with Crippen molar-refractivity contribution in [1.82, 2.24) is 20.0 Å². The number of carbonyl (C=O) groups is 1. The zero-order chi connectivity index (χ0) is 17.0. The Balaban J connectivity index is 1.69. The van der Waals surface area contributed by atoms with Gasteiger partial charge in [-0.2, -0.15) is 5.10 Å². The molecule has 1 N–H and O–H groups in total. The van der Waals surface area contributed by atoms with Gasteiger partial charge in [0.1, 0.15) is 5.69 Å². The van der Waals surface area contributed by atoms with E-state index in [9.17, 15) is 4.79 Å². The third-order valence-electron chi connectivity index (χ3n) is 5.42. The highest BCUT2D eigenvalue weighted by Gasteiger charge is 2.39. The summed E-state index contributed by atoms with van der Waals surface area (Å²) < 4.78 is 7.38. The second-order valence-electron chi connectivity index (χ2n) is 7.32. The molecular formula is C18H30N4O2. The molecule has 0 bridgehead atoms. The number of amides is 1. The van der Waals surface area contributed by atoms with Crippen LogP contribution in [0.5, 0.6) is 0 Å². The minimum atomic E-state index is -0.0240. The fourth-order valence-electron chi connectivity index (χ4n) is 3.97. The van der Waals surface area contributed by atoms with Gasteiger partial charge < -0.3 is 10.1 Å². The van der Waals surface area contributed by atoms with Crippen LogP contribution in [-0.2, 0) is 4.74 Å². The topological polar surface area (TPSA) is 59.4 Å². The van der Waals surface area contributed by atoms with Gasteiger partial charge in [0.05, 0.1) is 0 Å². The first-order chi connectivity index (χ1) is 11.6. The first kappa shape index (κ1) is 17.4. The summed E-state index contributed by atoms with van der Waals surface area (Å²) in [5.41, 5.74) is 0.697. The highest BCUT2D eigenvalue weighted by molar-refractivity contribution is 5.92. The monoisotopic (exact) mass is 334 g/mol. The van der Waals surface area contributed by atoms with Crippen LogP contribution in [0.15, 0.2) is 12.3 Å². The predicted molar refractivity (Wildman–Crippen MR) is 93.2 cm³/mol. The Kier molecular flexibility index (Phi) is 5.56. The van der Waals surface area contributed by atoms with Crippen molar-refractivity contribution in [1.29, 1.82) is 0 Å². The van der Waals surface area contributed by atoms with Crippen molar-refractivity contribution in [2.45, 2.75) is 57.5 Å². The summed E-state index contributed by atoms with van der Waals surface area (Å²) in [5, 5.41) is 7.46. The van der Waals surface area contributed by atoms with Gasteiger partial charge in [0, 0.05) is 37.5 Å². The molecule has 2 fully saturated rings. The lowest BCUT2D eigenvalue weighted by molar-refractivity contribution is -0.0349. The van der Waals surface area contributed by atoms with Gasteiger partial charge in [0.15, 0.2) is 0 Å². The van der Waals surface area contributed by atoms with E-state index >= 15 is 0 Å². The fourth-order valence-corrected chi connectivity index (χ4v) is 3.97. The van der Waals surface area contributed by atoms with Crippen LogP contribution in [0.3, 0.4) is 0 Å². The Labute approximate surface area is 144 Å². The Bertz CT molecular complexity index is 543. The molecule has 2 aliphatic heterocycles. The van der Waals surface area contributed by atoms with E-state index < -0.39 is 0 Å². The summed E-state index contributed by atoms with van der Waals surface area (Å²) in [6.07, 6.45) is 7.54. The number of nitrogens with one attached hydrogen (secondary N) is 1. The molecule has 24 heavy (non-hydrogen) atoms. The van der Waals surface area contributed by atoms with Crippen LogP contribution in [0.25, 0.3) is 0 Å². The molecule has 1 aromatic rings. The molecule has 3 heterocycles. The minimum Gasteiger partial charge on any atom is -0.381 e. The first-order valence-electron chi connectivity index (χ1n) is 9.27. The number of hydrogen-bond acceptors (Lipinski definition) is 4. The van der Waals surface area contributed by atoms with Crippen LogP contribution in [-0.4, -0.2) is 59.0 Å². The molecule has 1 aromatic heterocycles. The van der Waals surface area contributed by atoms with E-state index in [0.29, 0.717) is 12.2 Å². The van der Waals surface area contributed by atoms with E-state index in [1.807, 2.05) is 13.8 Å². The van der Waals surface area contributed by atoms with Crippen LogP contribution in [0.1, 0.15) is 62.5 Å². The molecule has 0 atom stereocenters. The Morgan fingerprint density at radius 1 is 1.29 bits per heavy atom. The standard InChI is InChI=1S/C18H30N4O2/c1-15(2)22-16(6-9-20-22)17(23)19-14-18(7-12-24-13-8-18)21-10-4-3-5-11-21/h6,9,15H,3-5,7-8,10-14H2,1-2H3,(H,19,23). The lowest BCUT2D eigenvalue weighted by Gasteiger charge is -2.48. The molecule has 0 aromatic carbocycles. The number of nitrogens with zero attached hydrogens (tertiary/aromatic N) is 3. The van der Waals surface area contributed by atoms with Crippen molar-refractivity contribution < 1.29 is 9.53 Å². The molecule has 0 aliphatic carbocycles. The van der Waals surface area contributed by atoms with Crippen molar-refractivity contribution >= 4 is 5.91 Å². The van der Waals surface area contributed by atoms with E-state index in [-0.39, 0.29) is 17.5 Å². The molecule has 6 heteroatoms. The highest BCUT2D eigenvalue weighted by Crippen LogP contribution is 2.30. The van der Waals surface area contributed by atoms with Crippen molar-refractivity contribution in [3.8, 4) is 0 Å².